The predicted molar refractivity (Wildman–Crippen MR) is 143 cm³/mol. The zero-order valence-electron chi connectivity index (χ0n) is 22.1. The van der Waals surface area contributed by atoms with E-state index in [1.165, 1.54) is 63.3 Å². The van der Waals surface area contributed by atoms with Crippen LogP contribution in [0, 0.1) is 12.7 Å². The molecule has 39 heavy (non-hydrogen) atoms. The van der Waals surface area contributed by atoms with Crippen molar-refractivity contribution in [3.8, 4) is 10.8 Å². The number of hydrogen-bond acceptors (Lipinski definition) is 8. The van der Waals surface area contributed by atoms with Crippen LogP contribution in [-0.4, -0.2) is 62.2 Å². The van der Waals surface area contributed by atoms with Crippen LogP contribution in [0.1, 0.15) is 43.0 Å². The molecule has 5 rings (SSSR count). The monoisotopic (exact) mass is 556 g/mol. The molecular formula is C26H29FN6O5S. The van der Waals surface area contributed by atoms with E-state index in [9.17, 15) is 18.8 Å². The average molecular weight is 557 g/mol. The number of aromatic nitrogens is 5. The van der Waals surface area contributed by atoms with E-state index in [0.29, 0.717) is 58.1 Å². The highest BCUT2D eigenvalue weighted by Gasteiger charge is 2.35. The molecule has 1 amide bonds. The molecule has 1 fully saturated rings. The van der Waals surface area contributed by atoms with E-state index < -0.39 is 29.2 Å². The minimum atomic E-state index is -0.921. The molecule has 4 aromatic rings. The van der Waals surface area contributed by atoms with Gasteiger partial charge in [-0.3, -0.25) is 14.2 Å². The van der Waals surface area contributed by atoms with Crippen molar-refractivity contribution in [2.75, 3.05) is 27.3 Å². The van der Waals surface area contributed by atoms with Gasteiger partial charge in [-0.15, -0.1) is 4.80 Å². The standard InChI is InChI=1S/C26H29FN6O5S/c1-5-12-38-20(17-13-16(27)6-7-19(17)37-4)14-31-25-21(15(2)24(39-25)33-28-9-10-29-33)23(35)32(26(31)36)18-8-11-30(3)22(18)34/h6-7,9-10,13,18,20H,5,8,11-12,14H2,1-4H3/t18-,20-/m0/s1. The molecule has 1 aromatic carbocycles. The van der Waals surface area contributed by atoms with Crippen molar-refractivity contribution >= 4 is 27.5 Å². The topological polar surface area (TPSA) is 113 Å². The van der Waals surface area contributed by atoms with E-state index in [2.05, 4.69) is 10.2 Å². The highest BCUT2D eigenvalue weighted by atomic mass is 32.1. The van der Waals surface area contributed by atoms with Gasteiger partial charge in [0.1, 0.15) is 33.5 Å². The number of likely N-dealkylation sites (N-methyl/N-ethyl adjacent to an activating group) is 1. The highest BCUT2D eigenvalue weighted by Crippen LogP contribution is 2.34. The number of fused-ring (bicyclic) bond motifs is 1. The van der Waals surface area contributed by atoms with Gasteiger partial charge in [0, 0.05) is 31.3 Å². The lowest BCUT2D eigenvalue weighted by molar-refractivity contribution is -0.129. The fourth-order valence-corrected chi connectivity index (χ4v) is 6.19. The second kappa shape index (κ2) is 10.7. The molecule has 4 heterocycles. The first-order chi connectivity index (χ1) is 18.8. The molecule has 0 saturated carbocycles. The van der Waals surface area contributed by atoms with Crippen LogP contribution < -0.4 is 16.0 Å². The van der Waals surface area contributed by atoms with Gasteiger partial charge in [0.2, 0.25) is 5.91 Å². The number of likely N-dealkylation sites (tertiary alicyclic amines) is 1. The summed E-state index contributed by atoms with van der Waals surface area (Å²) in [4.78, 5) is 44.2. The first-order valence-corrected chi connectivity index (χ1v) is 13.4. The van der Waals surface area contributed by atoms with Crippen molar-refractivity contribution in [1.82, 2.24) is 29.0 Å². The van der Waals surface area contributed by atoms with Crippen molar-refractivity contribution < 1.29 is 18.7 Å². The zero-order chi connectivity index (χ0) is 27.8. The summed E-state index contributed by atoms with van der Waals surface area (Å²) in [6, 6.07) is 3.20. The first kappa shape index (κ1) is 26.8. The average Bonchev–Trinajstić information content (AvgIpc) is 3.65. The number of amides is 1. The number of hydrogen-bond donors (Lipinski definition) is 0. The molecule has 0 bridgehead atoms. The second-order valence-electron chi connectivity index (χ2n) is 9.41. The number of benzene rings is 1. The summed E-state index contributed by atoms with van der Waals surface area (Å²) in [5, 5.41) is 9.28. The summed E-state index contributed by atoms with van der Waals surface area (Å²) in [7, 11) is 3.12. The smallest absolute Gasteiger partial charge is 0.332 e. The lowest BCUT2D eigenvalue weighted by atomic mass is 10.1. The Hall–Kier alpha value is -3.84. The van der Waals surface area contributed by atoms with Crippen LogP contribution in [0.5, 0.6) is 5.75 Å². The maximum Gasteiger partial charge on any atom is 0.332 e. The van der Waals surface area contributed by atoms with Gasteiger partial charge in [-0.05, 0) is 38.0 Å². The fraction of sp³-hybridized carbons (Fsp3) is 0.423. The van der Waals surface area contributed by atoms with Crippen LogP contribution in [0.2, 0.25) is 0 Å². The maximum atomic E-state index is 14.4. The number of halogens is 1. The minimum absolute atomic E-state index is 0.0435. The summed E-state index contributed by atoms with van der Waals surface area (Å²) in [6.45, 7) is 4.44. The van der Waals surface area contributed by atoms with E-state index in [0.717, 1.165) is 4.57 Å². The molecule has 13 heteroatoms. The number of nitrogens with zero attached hydrogens (tertiary/aromatic N) is 6. The van der Waals surface area contributed by atoms with Gasteiger partial charge in [0.05, 0.1) is 31.4 Å². The van der Waals surface area contributed by atoms with E-state index in [-0.39, 0.29) is 12.5 Å². The number of thiophene rings is 1. The normalized spacial score (nSPS) is 16.4. The van der Waals surface area contributed by atoms with Crippen LogP contribution in [-0.2, 0) is 16.1 Å². The number of carbonyl (C=O) groups is 1. The SMILES string of the molecule is CCCO[C@@H](Cn1c(=O)n([C@H]2CCN(C)C2=O)c(=O)c2c(C)c(-n3nccn3)sc21)c1cc(F)ccc1OC. The summed E-state index contributed by atoms with van der Waals surface area (Å²) < 4.78 is 28.5. The second-order valence-corrected chi connectivity index (χ2v) is 10.4. The molecule has 0 N–H and O–H groups in total. The Morgan fingerprint density at radius 3 is 2.59 bits per heavy atom. The number of rotatable bonds is 9. The molecular weight excluding hydrogens is 527 g/mol. The Bertz CT molecular complexity index is 1640. The third kappa shape index (κ3) is 4.65. The molecule has 3 aromatic heterocycles. The number of ether oxygens (including phenoxy) is 2. The van der Waals surface area contributed by atoms with Gasteiger partial charge in [-0.2, -0.15) is 10.2 Å². The molecule has 0 unspecified atom stereocenters. The number of aryl methyl sites for hydroxylation is 1. The summed E-state index contributed by atoms with van der Waals surface area (Å²) >= 11 is 1.19. The van der Waals surface area contributed by atoms with E-state index in [1.54, 1.807) is 14.0 Å². The Kier molecular flexibility index (Phi) is 7.36. The van der Waals surface area contributed by atoms with Crippen molar-refractivity contribution in [3.05, 3.63) is 68.4 Å². The Morgan fingerprint density at radius 2 is 1.95 bits per heavy atom. The van der Waals surface area contributed by atoms with Crippen LogP contribution in [0.3, 0.4) is 0 Å². The molecule has 1 aliphatic heterocycles. The van der Waals surface area contributed by atoms with Crippen LogP contribution in [0.15, 0.2) is 40.2 Å². The van der Waals surface area contributed by atoms with Gasteiger partial charge >= 0.3 is 5.69 Å². The predicted octanol–water partition coefficient (Wildman–Crippen LogP) is 2.83. The quantitative estimate of drug-likeness (QED) is 0.312. The van der Waals surface area contributed by atoms with Crippen molar-refractivity contribution in [2.24, 2.45) is 0 Å². The van der Waals surface area contributed by atoms with Crippen molar-refractivity contribution in [1.29, 1.82) is 0 Å². The number of carbonyl (C=O) groups excluding carboxylic acids is 1. The Labute approximate surface area is 227 Å². The largest absolute Gasteiger partial charge is 0.496 e. The van der Waals surface area contributed by atoms with Gasteiger partial charge in [-0.1, -0.05) is 18.3 Å². The summed E-state index contributed by atoms with van der Waals surface area (Å²) in [6.07, 6.45) is 3.28. The van der Waals surface area contributed by atoms with E-state index >= 15 is 0 Å². The summed E-state index contributed by atoms with van der Waals surface area (Å²) in [5.41, 5.74) is -0.154. The Balaban J connectivity index is 1.77. The third-order valence-corrected chi connectivity index (χ3v) is 8.22. The highest BCUT2D eigenvalue weighted by molar-refractivity contribution is 7.21. The zero-order valence-corrected chi connectivity index (χ0v) is 22.9. The molecule has 0 spiro atoms. The summed E-state index contributed by atoms with van der Waals surface area (Å²) in [5.74, 6) is -0.365. The van der Waals surface area contributed by atoms with Gasteiger partial charge in [0.25, 0.3) is 5.56 Å². The van der Waals surface area contributed by atoms with Crippen molar-refractivity contribution in [3.63, 3.8) is 0 Å². The fourth-order valence-electron chi connectivity index (χ4n) is 4.97. The number of methoxy groups -OCH3 is 1. The van der Waals surface area contributed by atoms with Crippen molar-refractivity contribution in [2.45, 2.75) is 45.4 Å². The first-order valence-electron chi connectivity index (χ1n) is 12.6. The molecule has 206 valence electrons. The van der Waals surface area contributed by atoms with Crippen LogP contribution >= 0.6 is 11.3 Å². The lowest BCUT2D eigenvalue weighted by Crippen LogP contribution is -2.44. The minimum Gasteiger partial charge on any atom is -0.496 e. The van der Waals surface area contributed by atoms with Gasteiger partial charge in [-0.25, -0.2) is 13.8 Å². The maximum absolute atomic E-state index is 14.4. The Morgan fingerprint density at radius 1 is 1.21 bits per heavy atom. The molecule has 2 atom stereocenters. The molecule has 1 aliphatic rings. The van der Waals surface area contributed by atoms with E-state index in [1.807, 2.05) is 6.92 Å². The molecule has 1 saturated heterocycles. The van der Waals surface area contributed by atoms with E-state index in [4.69, 9.17) is 9.47 Å². The van der Waals surface area contributed by atoms with Crippen LogP contribution in [0.25, 0.3) is 15.2 Å². The van der Waals surface area contributed by atoms with Gasteiger partial charge < -0.3 is 14.4 Å². The van der Waals surface area contributed by atoms with Gasteiger partial charge in [0.15, 0.2) is 0 Å². The third-order valence-electron chi connectivity index (χ3n) is 6.94. The lowest BCUT2D eigenvalue weighted by Gasteiger charge is -2.23. The molecule has 11 nitrogen and oxygen atoms in total. The molecule has 0 radical (unpaired) electrons. The van der Waals surface area contributed by atoms with Crippen LogP contribution in [0.4, 0.5) is 4.39 Å². The molecule has 0 aliphatic carbocycles.